The molecule has 2 aromatic rings. The van der Waals surface area contributed by atoms with E-state index in [0.29, 0.717) is 28.8 Å². The summed E-state index contributed by atoms with van der Waals surface area (Å²) in [6.07, 6.45) is 0.190. The zero-order valence-corrected chi connectivity index (χ0v) is 15.7. The van der Waals surface area contributed by atoms with E-state index in [4.69, 9.17) is 23.2 Å². The van der Waals surface area contributed by atoms with Crippen molar-refractivity contribution in [3.05, 3.63) is 63.6 Å². The fourth-order valence-corrected chi connectivity index (χ4v) is 2.87. The van der Waals surface area contributed by atoms with E-state index < -0.39 is 0 Å². The fraction of sp³-hybridized carbons (Fsp3) is 0.263. The average Bonchev–Trinajstić information content (AvgIpc) is 2.51. The molecular formula is C19H20Cl2N2O2. The van der Waals surface area contributed by atoms with E-state index in [2.05, 4.69) is 5.32 Å². The summed E-state index contributed by atoms with van der Waals surface area (Å²) in [5.41, 5.74) is 2.73. The number of amides is 2. The van der Waals surface area contributed by atoms with E-state index >= 15 is 0 Å². The maximum atomic E-state index is 12.1. The zero-order valence-electron chi connectivity index (χ0n) is 14.2. The third-order valence-corrected chi connectivity index (χ3v) is 4.13. The van der Waals surface area contributed by atoms with Gasteiger partial charge in [0, 0.05) is 42.2 Å². The lowest BCUT2D eigenvalue weighted by Crippen LogP contribution is -2.31. The molecule has 4 nitrogen and oxygen atoms in total. The predicted molar refractivity (Wildman–Crippen MR) is 102 cm³/mol. The van der Waals surface area contributed by atoms with Crippen LogP contribution in [0, 0.1) is 6.92 Å². The van der Waals surface area contributed by atoms with Crippen molar-refractivity contribution in [1.82, 2.24) is 4.90 Å². The van der Waals surface area contributed by atoms with Crippen LogP contribution in [-0.2, 0) is 16.1 Å². The summed E-state index contributed by atoms with van der Waals surface area (Å²) in [7, 11) is 0. The van der Waals surface area contributed by atoms with Gasteiger partial charge in [0.1, 0.15) is 0 Å². The fourth-order valence-electron chi connectivity index (χ4n) is 2.35. The van der Waals surface area contributed by atoms with Gasteiger partial charge in [0.15, 0.2) is 0 Å². The van der Waals surface area contributed by atoms with Crippen LogP contribution in [0.5, 0.6) is 0 Å². The Kier molecular flexibility index (Phi) is 6.85. The Balaban J connectivity index is 1.92. The normalized spacial score (nSPS) is 10.4. The summed E-state index contributed by atoms with van der Waals surface area (Å²) < 4.78 is 0. The molecule has 25 heavy (non-hydrogen) atoms. The molecule has 0 aliphatic rings. The molecule has 0 aromatic heterocycles. The maximum Gasteiger partial charge on any atom is 0.226 e. The number of nitrogens with zero attached hydrogens (tertiary/aromatic N) is 1. The Bertz CT molecular complexity index is 740. The number of halogens is 2. The number of benzene rings is 2. The number of anilines is 1. The molecule has 0 aliphatic carbocycles. The van der Waals surface area contributed by atoms with Crippen LogP contribution < -0.4 is 5.32 Å². The van der Waals surface area contributed by atoms with Crippen LogP contribution in [-0.4, -0.2) is 23.3 Å². The largest absolute Gasteiger partial charge is 0.338 e. The van der Waals surface area contributed by atoms with Crippen molar-refractivity contribution in [2.24, 2.45) is 0 Å². The highest BCUT2D eigenvalue weighted by Crippen LogP contribution is 2.22. The van der Waals surface area contributed by atoms with Crippen LogP contribution in [0.3, 0.4) is 0 Å². The lowest BCUT2D eigenvalue weighted by molar-refractivity contribution is -0.129. The highest BCUT2D eigenvalue weighted by molar-refractivity contribution is 6.35. The first-order valence-electron chi connectivity index (χ1n) is 7.90. The molecule has 1 N–H and O–H groups in total. The van der Waals surface area contributed by atoms with Crippen LogP contribution in [0.25, 0.3) is 0 Å². The van der Waals surface area contributed by atoms with Gasteiger partial charge in [-0.3, -0.25) is 9.59 Å². The predicted octanol–water partition coefficient (Wildman–Crippen LogP) is 4.68. The molecule has 0 heterocycles. The van der Waals surface area contributed by atoms with Crippen LogP contribution in [0.4, 0.5) is 5.69 Å². The Hall–Kier alpha value is -2.04. The molecule has 132 valence electrons. The molecule has 2 amide bonds. The lowest BCUT2D eigenvalue weighted by Gasteiger charge is -2.21. The molecule has 0 fully saturated rings. The first kappa shape index (κ1) is 19.3. The van der Waals surface area contributed by atoms with Gasteiger partial charge in [0.05, 0.1) is 0 Å². The summed E-state index contributed by atoms with van der Waals surface area (Å²) in [5, 5.41) is 3.65. The summed E-state index contributed by atoms with van der Waals surface area (Å²) in [5.74, 6) is -0.271. The molecule has 0 saturated heterocycles. The molecule has 0 saturated carbocycles. The second-order valence-corrected chi connectivity index (χ2v) is 6.76. The molecule has 2 aromatic carbocycles. The second kappa shape index (κ2) is 8.88. The van der Waals surface area contributed by atoms with Gasteiger partial charge in [-0.2, -0.15) is 0 Å². The van der Waals surface area contributed by atoms with Gasteiger partial charge in [0.2, 0.25) is 11.8 Å². The minimum atomic E-state index is -0.200. The monoisotopic (exact) mass is 378 g/mol. The molecule has 0 radical (unpaired) electrons. The minimum absolute atomic E-state index is 0.0702. The van der Waals surface area contributed by atoms with Crippen LogP contribution in [0.1, 0.15) is 24.5 Å². The highest BCUT2D eigenvalue weighted by atomic mass is 35.5. The van der Waals surface area contributed by atoms with E-state index in [-0.39, 0.29) is 18.2 Å². The van der Waals surface area contributed by atoms with Gasteiger partial charge in [-0.1, -0.05) is 53.0 Å². The van der Waals surface area contributed by atoms with Gasteiger partial charge >= 0.3 is 0 Å². The van der Waals surface area contributed by atoms with Gasteiger partial charge in [-0.15, -0.1) is 0 Å². The van der Waals surface area contributed by atoms with Crippen molar-refractivity contribution in [2.45, 2.75) is 26.8 Å². The number of nitrogens with one attached hydrogen (secondary N) is 1. The molecule has 0 aliphatic heterocycles. The molecule has 0 atom stereocenters. The minimum Gasteiger partial charge on any atom is -0.338 e. The lowest BCUT2D eigenvalue weighted by atomic mass is 10.1. The molecule has 0 spiro atoms. The smallest absolute Gasteiger partial charge is 0.226 e. The van der Waals surface area contributed by atoms with Crippen molar-refractivity contribution in [3.8, 4) is 0 Å². The standard InChI is InChI=1S/C19H20Cl2N2O2/c1-13-3-5-15(6-4-13)12-23(14(2)24)8-7-19(25)22-18-10-16(20)9-17(21)11-18/h3-6,9-11H,7-8,12H2,1-2H3,(H,22,25). The van der Waals surface area contributed by atoms with Crippen LogP contribution in [0.2, 0.25) is 10.0 Å². The summed E-state index contributed by atoms with van der Waals surface area (Å²) >= 11 is 11.8. The zero-order chi connectivity index (χ0) is 18.4. The number of hydrogen-bond acceptors (Lipinski definition) is 2. The molecule has 6 heteroatoms. The number of carbonyl (C=O) groups is 2. The van der Waals surface area contributed by atoms with E-state index in [1.54, 1.807) is 23.1 Å². The number of carbonyl (C=O) groups excluding carboxylic acids is 2. The number of hydrogen-bond donors (Lipinski definition) is 1. The van der Waals surface area contributed by atoms with Gasteiger partial charge < -0.3 is 10.2 Å². The second-order valence-electron chi connectivity index (χ2n) is 5.88. The van der Waals surface area contributed by atoms with Gasteiger partial charge in [-0.25, -0.2) is 0 Å². The van der Waals surface area contributed by atoms with E-state index in [1.807, 2.05) is 31.2 Å². The molecule has 0 unspecified atom stereocenters. The number of aryl methyl sites for hydroxylation is 1. The molecule has 0 bridgehead atoms. The summed E-state index contributed by atoms with van der Waals surface area (Å²) in [4.78, 5) is 25.6. The summed E-state index contributed by atoms with van der Waals surface area (Å²) in [6.45, 7) is 4.33. The third kappa shape index (κ3) is 6.40. The van der Waals surface area contributed by atoms with E-state index in [9.17, 15) is 9.59 Å². The molecule has 2 rings (SSSR count). The maximum absolute atomic E-state index is 12.1. The van der Waals surface area contributed by atoms with Crippen molar-refractivity contribution in [1.29, 1.82) is 0 Å². The van der Waals surface area contributed by atoms with Crippen molar-refractivity contribution in [2.75, 3.05) is 11.9 Å². The first-order chi connectivity index (χ1) is 11.8. The quantitative estimate of drug-likeness (QED) is 0.792. The highest BCUT2D eigenvalue weighted by Gasteiger charge is 2.12. The van der Waals surface area contributed by atoms with Crippen molar-refractivity contribution >= 4 is 40.7 Å². The average molecular weight is 379 g/mol. The van der Waals surface area contributed by atoms with E-state index in [0.717, 1.165) is 11.1 Å². The van der Waals surface area contributed by atoms with Crippen molar-refractivity contribution in [3.63, 3.8) is 0 Å². The summed E-state index contributed by atoms with van der Waals surface area (Å²) in [6, 6.07) is 12.8. The Morgan fingerprint density at radius 1 is 1.04 bits per heavy atom. The van der Waals surface area contributed by atoms with E-state index in [1.165, 1.54) is 6.92 Å². The van der Waals surface area contributed by atoms with Gasteiger partial charge in [0.25, 0.3) is 0 Å². The van der Waals surface area contributed by atoms with Crippen LogP contribution >= 0.6 is 23.2 Å². The molecular weight excluding hydrogens is 359 g/mol. The third-order valence-electron chi connectivity index (χ3n) is 3.69. The number of rotatable bonds is 6. The SMILES string of the molecule is CC(=O)N(CCC(=O)Nc1cc(Cl)cc(Cl)c1)Cc1ccc(C)cc1. The van der Waals surface area contributed by atoms with Crippen molar-refractivity contribution < 1.29 is 9.59 Å². The Morgan fingerprint density at radius 3 is 2.20 bits per heavy atom. The Labute approximate surface area is 157 Å². The van der Waals surface area contributed by atoms with Crippen LogP contribution in [0.15, 0.2) is 42.5 Å². The topological polar surface area (TPSA) is 49.4 Å². The first-order valence-corrected chi connectivity index (χ1v) is 8.66. The Morgan fingerprint density at radius 2 is 1.64 bits per heavy atom. The van der Waals surface area contributed by atoms with Gasteiger partial charge in [-0.05, 0) is 30.7 Å².